The molecule has 0 heterocycles. The Hall–Kier alpha value is -1.29. The van der Waals surface area contributed by atoms with E-state index in [1.54, 1.807) is 12.1 Å². The predicted octanol–water partition coefficient (Wildman–Crippen LogP) is 4.63. The fourth-order valence-corrected chi connectivity index (χ4v) is 2.38. The van der Waals surface area contributed by atoms with Gasteiger partial charge >= 0.3 is 0 Å². The Morgan fingerprint density at radius 2 is 2.06 bits per heavy atom. The molecule has 0 spiro atoms. The van der Waals surface area contributed by atoms with Crippen molar-refractivity contribution in [3.8, 4) is 6.07 Å². The van der Waals surface area contributed by atoms with Gasteiger partial charge in [-0.05, 0) is 49.1 Å². The van der Waals surface area contributed by atoms with Gasteiger partial charge in [0, 0.05) is 5.48 Å². The van der Waals surface area contributed by atoms with E-state index >= 15 is 0 Å². The van der Waals surface area contributed by atoms with E-state index in [1.807, 2.05) is 19.1 Å². The lowest BCUT2D eigenvalue weighted by Crippen LogP contribution is -2.14. The van der Waals surface area contributed by atoms with Crippen molar-refractivity contribution in [2.45, 2.75) is 51.3 Å². The van der Waals surface area contributed by atoms with E-state index in [2.05, 4.69) is 6.07 Å². The van der Waals surface area contributed by atoms with Gasteiger partial charge in [-0.25, -0.2) is 0 Å². The molecule has 0 N–H and O–H groups in total. The first kappa shape index (κ1) is 7.93. The average Bonchev–Trinajstić information content (AvgIpc) is 2.42. The number of hydrogen-bond donors (Lipinski definition) is 0. The lowest BCUT2D eigenvalue weighted by atomic mass is 9.76. The van der Waals surface area contributed by atoms with Crippen LogP contribution in [-0.2, 0) is 0 Å². The minimum Gasteiger partial charge on any atom is -0.192 e. The van der Waals surface area contributed by atoms with Crippen molar-refractivity contribution in [1.29, 1.82) is 5.26 Å². The van der Waals surface area contributed by atoms with Crippen molar-refractivity contribution < 1.29 is 5.48 Å². The molecular formula is C16H21N. The second-order valence-electron chi connectivity index (χ2n) is 4.55. The molecule has 1 aromatic rings. The molecule has 1 heteroatoms. The number of hydrogen-bond acceptors (Lipinski definition) is 1. The highest BCUT2D eigenvalue weighted by Gasteiger charge is 2.23. The van der Waals surface area contributed by atoms with Crippen molar-refractivity contribution in [2.24, 2.45) is 5.92 Å². The molecule has 1 nitrogen and oxygen atoms in total. The Morgan fingerprint density at radius 1 is 1.35 bits per heavy atom. The number of benzene rings is 1. The van der Waals surface area contributed by atoms with Crippen molar-refractivity contribution in [3.63, 3.8) is 0 Å². The van der Waals surface area contributed by atoms with E-state index in [1.165, 1.54) is 0 Å². The van der Waals surface area contributed by atoms with Crippen LogP contribution in [0.2, 0.25) is 0 Å². The summed E-state index contributed by atoms with van der Waals surface area (Å²) in [6.45, 7) is 1.96. The van der Waals surface area contributed by atoms with Crippen LogP contribution >= 0.6 is 0 Å². The lowest BCUT2D eigenvalue weighted by Gasteiger charge is -2.29. The molecule has 2 rings (SSSR count). The van der Waals surface area contributed by atoms with Crippen LogP contribution in [-0.4, -0.2) is 0 Å². The van der Waals surface area contributed by atoms with Gasteiger partial charge in [0.25, 0.3) is 0 Å². The van der Waals surface area contributed by atoms with E-state index in [-0.39, 0.29) is 18.8 Å². The molecule has 0 aliphatic heterocycles. The molecule has 90 valence electrons. The molecule has 0 aromatic heterocycles. The van der Waals surface area contributed by atoms with Crippen LogP contribution in [0, 0.1) is 17.2 Å². The second-order valence-corrected chi connectivity index (χ2v) is 4.55. The Morgan fingerprint density at radius 3 is 2.71 bits per heavy atom. The monoisotopic (exact) mass is 231 g/mol. The highest BCUT2D eigenvalue weighted by molar-refractivity contribution is 5.39. The number of nitriles is 1. The van der Waals surface area contributed by atoms with Crippen LogP contribution in [0.1, 0.15) is 67.9 Å². The third-order valence-electron chi connectivity index (χ3n) is 3.32. The summed E-state index contributed by atoms with van der Waals surface area (Å²) in [6.07, 6.45) is -1.16. The summed E-state index contributed by atoms with van der Waals surface area (Å²) < 4.78 is 33.2. The van der Waals surface area contributed by atoms with Gasteiger partial charge < -0.3 is 0 Å². The summed E-state index contributed by atoms with van der Waals surface area (Å²) in [5.74, 6) is -0.806. The van der Waals surface area contributed by atoms with Gasteiger partial charge in [-0.1, -0.05) is 38.0 Å². The van der Waals surface area contributed by atoms with Gasteiger partial charge in [-0.3, -0.25) is 0 Å². The van der Waals surface area contributed by atoms with Gasteiger partial charge in [0.15, 0.2) is 0 Å². The standard InChI is InChI=1S/C16H21N/c1-2-5-13-8-10-14(11-9-13)16-7-4-3-6-15(16)12-17/h3-4,6-7,13-14H,2,5,8-11H2,1H3/t13-,14-/i8D2,9D2. The molecule has 1 aliphatic carbocycles. The van der Waals surface area contributed by atoms with Crippen LogP contribution < -0.4 is 0 Å². The summed E-state index contributed by atoms with van der Waals surface area (Å²) in [5.41, 5.74) is 1.31. The molecule has 0 radical (unpaired) electrons. The highest BCUT2D eigenvalue weighted by Crippen LogP contribution is 2.38. The highest BCUT2D eigenvalue weighted by atomic mass is 14.3. The normalized spacial score (nSPS) is 33.6. The fourth-order valence-electron chi connectivity index (χ4n) is 2.38. The van der Waals surface area contributed by atoms with Crippen LogP contribution in [0.5, 0.6) is 0 Å². The van der Waals surface area contributed by atoms with Crippen LogP contribution in [0.25, 0.3) is 0 Å². The zero-order valence-electron chi connectivity index (χ0n) is 14.2. The van der Waals surface area contributed by atoms with E-state index < -0.39 is 18.7 Å². The smallest absolute Gasteiger partial charge is 0.0994 e. The van der Waals surface area contributed by atoms with Gasteiger partial charge in [0.05, 0.1) is 11.6 Å². The first-order valence-electron chi connectivity index (χ1n) is 8.31. The average molecular weight is 231 g/mol. The zero-order chi connectivity index (χ0) is 15.7. The van der Waals surface area contributed by atoms with Crippen molar-refractivity contribution in [1.82, 2.24) is 0 Å². The number of rotatable bonds is 3. The van der Waals surface area contributed by atoms with Gasteiger partial charge in [-0.2, -0.15) is 5.26 Å². The Labute approximate surface area is 110 Å². The van der Waals surface area contributed by atoms with Crippen LogP contribution in [0.4, 0.5) is 0 Å². The zero-order valence-corrected chi connectivity index (χ0v) is 10.2. The van der Waals surface area contributed by atoms with E-state index in [0.717, 1.165) is 12.0 Å². The molecule has 0 saturated heterocycles. The molecule has 1 aromatic carbocycles. The van der Waals surface area contributed by atoms with Crippen molar-refractivity contribution in [2.75, 3.05) is 0 Å². The van der Waals surface area contributed by atoms with Crippen LogP contribution in [0.15, 0.2) is 24.3 Å². The second kappa shape index (κ2) is 5.87. The molecule has 0 bridgehead atoms. The minimum absolute atomic E-state index is 0.237. The molecule has 0 atom stereocenters. The summed E-state index contributed by atoms with van der Waals surface area (Å²) in [5, 5.41) is 9.21. The summed E-state index contributed by atoms with van der Waals surface area (Å²) in [4.78, 5) is 0. The molecule has 1 saturated carbocycles. The maximum Gasteiger partial charge on any atom is 0.0994 e. The predicted molar refractivity (Wildman–Crippen MR) is 70.8 cm³/mol. The topological polar surface area (TPSA) is 23.8 Å². The van der Waals surface area contributed by atoms with E-state index in [9.17, 15) is 5.26 Å². The summed E-state index contributed by atoms with van der Waals surface area (Å²) in [6, 6.07) is 9.31. The van der Waals surface area contributed by atoms with Crippen LogP contribution in [0.3, 0.4) is 0 Å². The van der Waals surface area contributed by atoms with E-state index in [4.69, 9.17) is 5.48 Å². The third-order valence-corrected chi connectivity index (χ3v) is 3.32. The fraction of sp³-hybridized carbons (Fsp3) is 0.562. The number of nitrogens with zero attached hydrogens (tertiary/aromatic N) is 1. The first-order chi connectivity index (χ1) is 9.81. The molecule has 1 aliphatic rings. The quantitative estimate of drug-likeness (QED) is 0.744. The maximum absolute atomic E-state index is 9.21. The van der Waals surface area contributed by atoms with Crippen molar-refractivity contribution in [3.05, 3.63) is 35.4 Å². The molecule has 17 heavy (non-hydrogen) atoms. The Kier molecular flexibility index (Phi) is 2.74. The van der Waals surface area contributed by atoms with Gasteiger partial charge in [-0.15, -0.1) is 0 Å². The van der Waals surface area contributed by atoms with E-state index in [0.29, 0.717) is 12.0 Å². The Bertz CT molecular complexity index is 529. The molecule has 0 unspecified atom stereocenters. The van der Waals surface area contributed by atoms with Crippen molar-refractivity contribution >= 4 is 0 Å². The summed E-state index contributed by atoms with van der Waals surface area (Å²) in [7, 11) is 0. The third kappa shape index (κ3) is 2.88. The minimum atomic E-state index is -1.54. The molecule has 1 fully saturated rings. The molecule has 0 amide bonds. The first-order valence-corrected chi connectivity index (χ1v) is 6.31. The summed E-state index contributed by atoms with van der Waals surface area (Å²) >= 11 is 0. The lowest BCUT2D eigenvalue weighted by molar-refractivity contribution is 0.308. The largest absolute Gasteiger partial charge is 0.192 e. The SMILES string of the molecule is [2H]C1([2H])C[C@H](c2ccccc2C#N)CC([2H])([2H])[C@H]1CCC. The van der Waals surface area contributed by atoms with Gasteiger partial charge in [0.1, 0.15) is 0 Å². The Balaban J connectivity index is 2.36. The maximum atomic E-state index is 9.21. The molecular weight excluding hydrogens is 206 g/mol. The van der Waals surface area contributed by atoms with Gasteiger partial charge in [0.2, 0.25) is 0 Å².